The van der Waals surface area contributed by atoms with Crippen LogP contribution in [-0.4, -0.2) is 21.9 Å². The van der Waals surface area contributed by atoms with Crippen molar-refractivity contribution in [2.24, 2.45) is 0 Å². The molecule has 0 radical (unpaired) electrons. The Balaban J connectivity index is 2.63. The fourth-order valence-corrected chi connectivity index (χ4v) is 1.39. The van der Waals surface area contributed by atoms with Crippen LogP contribution in [0.3, 0.4) is 0 Å². The first-order chi connectivity index (χ1) is 5.70. The minimum Gasteiger partial charge on any atom is -0.507 e. The molecule has 0 aromatic heterocycles. The second-order valence-corrected chi connectivity index (χ2v) is 3.17. The fourth-order valence-electron chi connectivity index (χ4n) is 0.719. The van der Waals surface area contributed by atoms with E-state index in [1.54, 1.807) is 18.2 Å². The molecule has 0 saturated carbocycles. The van der Waals surface area contributed by atoms with E-state index in [0.29, 0.717) is 4.90 Å². The van der Waals surface area contributed by atoms with Crippen LogP contribution in [0.2, 0.25) is 0 Å². The minimum atomic E-state index is -0.886. The van der Waals surface area contributed by atoms with Gasteiger partial charge in [0, 0.05) is 4.90 Å². The number of para-hydroxylation sites is 1. The Bertz CT molecular complexity index is 285. The van der Waals surface area contributed by atoms with E-state index in [1.165, 1.54) is 6.07 Å². The van der Waals surface area contributed by atoms with Crippen LogP contribution in [0.5, 0.6) is 5.75 Å². The predicted octanol–water partition coefficient (Wildman–Crippen LogP) is 1.57. The Morgan fingerprint density at radius 1 is 1.42 bits per heavy atom. The number of hydrogen-bond acceptors (Lipinski definition) is 3. The Morgan fingerprint density at radius 2 is 2.08 bits per heavy atom. The number of thioether (sulfide) groups is 1. The van der Waals surface area contributed by atoms with Crippen LogP contribution in [0.25, 0.3) is 0 Å². The number of aliphatic carboxylic acids is 1. The van der Waals surface area contributed by atoms with E-state index in [2.05, 4.69) is 0 Å². The first-order valence-corrected chi connectivity index (χ1v) is 4.31. The Morgan fingerprint density at radius 3 is 2.67 bits per heavy atom. The number of hydrogen-bond donors (Lipinski definition) is 2. The molecule has 0 aliphatic carbocycles. The molecule has 12 heavy (non-hydrogen) atoms. The second-order valence-electron chi connectivity index (χ2n) is 2.15. The molecule has 0 heterocycles. The van der Waals surface area contributed by atoms with E-state index in [9.17, 15) is 9.90 Å². The maximum Gasteiger partial charge on any atom is 0.313 e. The van der Waals surface area contributed by atoms with Crippen LogP contribution in [0.15, 0.2) is 29.2 Å². The lowest BCUT2D eigenvalue weighted by Crippen LogP contribution is -1.97. The summed E-state index contributed by atoms with van der Waals surface area (Å²) in [6.45, 7) is 0. The second kappa shape index (κ2) is 4.01. The summed E-state index contributed by atoms with van der Waals surface area (Å²) in [4.78, 5) is 10.8. The van der Waals surface area contributed by atoms with E-state index < -0.39 is 5.97 Å². The highest BCUT2D eigenvalue weighted by Gasteiger charge is 2.02. The van der Waals surface area contributed by atoms with Crippen molar-refractivity contribution in [2.75, 3.05) is 5.75 Å². The van der Waals surface area contributed by atoms with Gasteiger partial charge in [0.1, 0.15) is 5.75 Å². The number of carboxylic acid groups (broad SMARTS) is 1. The molecule has 0 atom stereocenters. The number of aromatic hydroxyl groups is 1. The number of rotatable bonds is 3. The summed E-state index contributed by atoms with van der Waals surface area (Å²) in [7, 11) is 0. The van der Waals surface area contributed by atoms with Crippen LogP contribution < -0.4 is 0 Å². The van der Waals surface area contributed by atoms with E-state index in [4.69, 9.17) is 5.11 Å². The van der Waals surface area contributed by atoms with Gasteiger partial charge in [-0.3, -0.25) is 4.79 Å². The van der Waals surface area contributed by atoms with Gasteiger partial charge in [0.25, 0.3) is 0 Å². The molecule has 0 aliphatic heterocycles. The topological polar surface area (TPSA) is 57.5 Å². The summed E-state index contributed by atoms with van der Waals surface area (Å²) in [6, 6.07) is 6.66. The van der Waals surface area contributed by atoms with Crippen LogP contribution in [-0.2, 0) is 4.79 Å². The molecule has 0 amide bonds. The van der Waals surface area contributed by atoms with E-state index >= 15 is 0 Å². The standard InChI is InChI=1S/C8H8O3S/c9-6-3-1-2-4-7(6)12-5-8(10)11/h1-4,9H,5H2,(H,10,11). The van der Waals surface area contributed by atoms with Crippen molar-refractivity contribution in [3.63, 3.8) is 0 Å². The molecular weight excluding hydrogens is 176 g/mol. The van der Waals surface area contributed by atoms with Gasteiger partial charge < -0.3 is 10.2 Å². The average molecular weight is 184 g/mol. The quantitative estimate of drug-likeness (QED) is 0.700. The number of benzene rings is 1. The first kappa shape index (κ1) is 8.93. The molecule has 0 spiro atoms. The van der Waals surface area contributed by atoms with Gasteiger partial charge in [-0.1, -0.05) is 12.1 Å². The van der Waals surface area contributed by atoms with Gasteiger partial charge in [0.2, 0.25) is 0 Å². The molecule has 0 aliphatic rings. The third-order valence-electron chi connectivity index (χ3n) is 1.22. The smallest absolute Gasteiger partial charge is 0.313 e. The third-order valence-corrected chi connectivity index (χ3v) is 2.26. The van der Waals surface area contributed by atoms with E-state index in [1.807, 2.05) is 0 Å². The zero-order chi connectivity index (χ0) is 8.97. The summed E-state index contributed by atoms with van der Waals surface area (Å²) < 4.78 is 0. The van der Waals surface area contributed by atoms with Crippen LogP contribution >= 0.6 is 11.8 Å². The predicted molar refractivity (Wildman–Crippen MR) is 46.5 cm³/mol. The lowest BCUT2D eigenvalue weighted by Gasteiger charge is -2.00. The van der Waals surface area contributed by atoms with Crippen LogP contribution in [0.1, 0.15) is 0 Å². The van der Waals surface area contributed by atoms with Crippen LogP contribution in [0.4, 0.5) is 0 Å². The molecule has 3 nitrogen and oxygen atoms in total. The van der Waals surface area contributed by atoms with Gasteiger partial charge in [0.15, 0.2) is 0 Å². The van der Waals surface area contributed by atoms with Gasteiger partial charge in [-0.15, -0.1) is 11.8 Å². The van der Waals surface area contributed by atoms with Crippen molar-refractivity contribution < 1.29 is 15.0 Å². The van der Waals surface area contributed by atoms with E-state index in [0.717, 1.165) is 11.8 Å². The molecule has 4 heteroatoms. The Hall–Kier alpha value is -1.16. The van der Waals surface area contributed by atoms with Crippen molar-refractivity contribution in [1.29, 1.82) is 0 Å². The summed E-state index contributed by atoms with van der Waals surface area (Å²) in [5, 5.41) is 17.6. The largest absolute Gasteiger partial charge is 0.507 e. The van der Waals surface area contributed by atoms with E-state index in [-0.39, 0.29) is 11.5 Å². The first-order valence-electron chi connectivity index (χ1n) is 3.33. The monoisotopic (exact) mass is 184 g/mol. The van der Waals surface area contributed by atoms with Crippen molar-refractivity contribution in [2.45, 2.75) is 4.90 Å². The zero-order valence-corrected chi connectivity index (χ0v) is 7.04. The number of phenolic OH excluding ortho intramolecular Hbond substituents is 1. The molecule has 0 bridgehead atoms. The third kappa shape index (κ3) is 2.47. The molecule has 1 aromatic rings. The van der Waals surface area contributed by atoms with Gasteiger partial charge >= 0.3 is 5.97 Å². The highest BCUT2D eigenvalue weighted by molar-refractivity contribution is 8.00. The molecular formula is C8H8O3S. The van der Waals surface area contributed by atoms with Crippen molar-refractivity contribution in [3.05, 3.63) is 24.3 Å². The molecule has 0 saturated heterocycles. The maximum atomic E-state index is 10.2. The molecule has 64 valence electrons. The Labute approximate surface area is 74.0 Å². The normalized spacial score (nSPS) is 9.67. The van der Waals surface area contributed by atoms with Crippen molar-refractivity contribution in [3.8, 4) is 5.75 Å². The highest BCUT2D eigenvalue weighted by Crippen LogP contribution is 2.27. The zero-order valence-electron chi connectivity index (χ0n) is 6.23. The molecule has 0 unspecified atom stereocenters. The fraction of sp³-hybridized carbons (Fsp3) is 0.125. The highest BCUT2D eigenvalue weighted by atomic mass is 32.2. The summed E-state index contributed by atoms with van der Waals surface area (Å²) in [5.74, 6) is -0.788. The SMILES string of the molecule is O=C(O)CSc1ccccc1O. The summed E-state index contributed by atoms with van der Waals surface area (Å²) >= 11 is 1.11. The molecule has 2 N–H and O–H groups in total. The minimum absolute atomic E-state index is 0.0302. The van der Waals surface area contributed by atoms with Crippen molar-refractivity contribution >= 4 is 17.7 Å². The van der Waals surface area contributed by atoms with Crippen LogP contribution in [0, 0.1) is 0 Å². The lowest BCUT2D eigenvalue weighted by molar-refractivity contribution is -0.133. The van der Waals surface area contributed by atoms with Crippen molar-refractivity contribution in [1.82, 2.24) is 0 Å². The van der Waals surface area contributed by atoms with Gasteiger partial charge in [0.05, 0.1) is 5.75 Å². The number of carboxylic acids is 1. The number of carbonyl (C=O) groups is 1. The van der Waals surface area contributed by atoms with Gasteiger partial charge in [-0.05, 0) is 12.1 Å². The Kier molecular flexibility index (Phi) is 2.99. The van der Waals surface area contributed by atoms with Gasteiger partial charge in [-0.25, -0.2) is 0 Å². The molecule has 0 fully saturated rings. The number of phenols is 1. The summed E-state index contributed by atoms with van der Waals surface area (Å²) in [5.41, 5.74) is 0. The van der Waals surface area contributed by atoms with Gasteiger partial charge in [-0.2, -0.15) is 0 Å². The molecule has 1 rings (SSSR count). The maximum absolute atomic E-state index is 10.2. The molecule has 1 aromatic carbocycles. The average Bonchev–Trinajstić information content (AvgIpc) is 2.03. The summed E-state index contributed by atoms with van der Waals surface area (Å²) in [6.07, 6.45) is 0. The lowest BCUT2D eigenvalue weighted by atomic mass is 10.3.